The van der Waals surface area contributed by atoms with Crippen LogP contribution in [0.3, 0.4) is 0 Å². The summed E-state index contributed by atoms with van der Waals surface area (Å²) in [5, 5.41) is 3.17. The zero-order valence-corrected chi connectivity index (χ0v) is 13.0. The van der Waals surface area contributed by atoms with Gasteiger partial charge in [-0.2, -0.15) is 0 Å². The van der Waals surface area contributed by atoms with Gasteiger partial charge < -0.3 is 5.32 Å². The highest BCUT2D eigenvalue weighted by Crippen LogP contribution is 2.12. The van der Waals surface area contributed by atoms with E-state index in [0.717, 1.165) is 38.9 Å². The maximum atomic E-state index is 12.0. The number of hydrogen-bond donors (Lipinski definition) is 1. The summed E-state index contributed by atoms with van der Waals surface area (Å²) >= 11 is 0. The quantitative estimate of drug-likeness (QED) is 0.816. The number of rotatable bonds is 6. The van der Waals surface area contributed by atoms with E-state index in [1.54, 1.807) is 0 Å². The molecule has 1 aliphatic rings. The molecule has 1 aromatic carbocycles. The van der Waals surface area contributed by atoms with E-state index in [2.05, 4.69) is 35.9 Å². The van der Waals surface area contributed by atoms with Crippen LogP contribution in [-0.4, -0.2) is 36.5 Å². The van der Waals surface area contributed by atoms with Crippen LogP contribution in [0.15, 0.2) is 42.5 Å². The zero-order chi connectivity index (χ0) is 15.1. The third-order valence-corrected chi connectivity index (χ3v) is 3.93. The molecule has 1 heterocycles. The first-order chi connectivity index (χ1) is 10.1. The molecule has 21 heavy (non-hydrogen) atoms. The molecule has 0 aromatic heterocycles. The number of likely N-dealkylation sites (tertiary alicyclic amines) is 1. The van der Waals surface area contributed by atoms with Crippen LogP contribution in [-0.2, 0) is 11.2 Å². The lowest BCUT2D eigenvalue weighted by molar-refractivity contribution is -0.122. The Labute approximate surface area is 128 Å². The number of carbonyl (C=O) groups excluding carboxylic acids is 1. The van der Waals surface area contributed by atoms with Crippen LogP contribution in [0, 0.1) is 0 Å². The standard InChI is InChI=1S/C18H26N2O/c1-15(2)14-20-12-10-17(11-13-20)19-18(21)9-8-16-6-4-3-5-7-16/h3-7,17H,1,8-14H2,2H3,(H,19,21). The van der Waals surface area contributed by atoms with Gasteiger partial charge in [-0.25, -0.2) is 0 Å². The van der Waals surface area contributed by atoms with Crippen molar-refractivity contribution in [1.29, 1.82) is 0 Å². The number of amides is 1. The molecule has 2 rings (SSSR count). The Kier molecular flexibility index (Phi) is 6.00. The third kappa shape index (κ3) is 5.72. The summed E-state index contributed by atoms with van der Waals surface area (Å²) in [6.07, 6.45) is 3.49. The highest BCUT2D eigenvalue weighted by Gasteiger charge is 2.20. The van der Waals surface area contributed by atoms with E-state index in [1.165, 1.54) is 11.1 Å². The van der Waals surface area contributed by atoms with Crippen LogP contribution in [0.4, 0.5) is 0 Å². The zero-order valence-electron chi connectivity index (χ0n) is 13.0. The summed E-state index contributed by atoms with van der Waals surface area (Å²) in [7, 11) is 0. The van der Waals surface area contributed by atoms with Crippen molar-refractivity contribution in [2.75, 3.05) is 19.6 Å². The smallest absolute Gasteiger partial charge is 0.220 e. The molecule has 1 amide bonds. The second kappa shape index (κ2) is 7.99. The number of piperidine rings is 1. The van der Waals surface area contributed by atoms with Crippen molar-refractivity contribution < 1.29 is 4.79 Å². The van der Waals surface area contributed by atoms with Gasteiger partial charge >= 0.3 is 0 Å². The van der Waals surface area contributed by atoms with Crippen molar-refractivity contribution in [2.45, 2.75) is 38.6 Å². The molecule has 0 bridgehead atoms. The summed E-state index contributed by atoms with van der Waals surface area (Å²) < 4.78 is 0. The highest BCUT2D eigenvalue weighted by molar-refractivity contribution is 5.76. The second-order valence-electron chi connectivity index (χ2n) is 6.06. The van der Waals surface area contributed by atoms with E-state index in [9.17, 15) is 4.79 Å². The molecule has 1 aromatic rings. The summed E-state index contributed by atoms with van der Waals surface area (Å²) in [6.45, 7) is 9.11. The van der Waals surface area contributed by atoms with E-state index in [4.69, 9.17) is 0 Å². The van der Waals surface area contributed by atoms with Gasteiger partial charge in [0.25, 0.3) is 0 Å². The first-order valence-corrected chi connectivity index (χ1v) is 7.83. The normalized spacial score (nSPS) is 16.6. The summed E-state index contributed by atoms with van der Waals surface area (Å²) in [5.41, 5.74) is 2.43. The number of nitrogens with one attached hydrogen (secondary N) is 1. The first-order valence-electron chi connectivity index (χ1n) is 7.83. The van der Waals surface area contributed by atoms with Gasteiger partial charge in [-0.05, 0) is 31.7 Å². The van der Waals surface area contributed by atoms with E-state index < -0.39 is 0 Å². The maximum Gasteiger partial charge on any atom is 0.220 e. The van der Waals surface area contributed by atoms with Crippen molar-refractivity contribution in [2.24, 2.45) is 0 Å². The molecule has 0 unspecified atom stereocenters. The fourth-order valence-corrected chi connectivity index (χ4v) is 2.82. The predicted molar refractivity (Wildman–Crippen MR) is 87.2 cm³/mol. The van der Waals surface area contributed by atoms with Crippen LogP contribution in [0.5, 0.6) is 0 Å². The lowest BCUT2D eigenvalue weighted by Gasteiger charge is -2.32. The lowest BCUT2D eigenvalue weighted by Crippen LogP contribution is -2.45. The van der Waals surface area contributed by atoms with Crippen LogP contribution in [0.2, 0.25) is 0 Å². The van der Waals surface area contributed by atoms with E-state index in [0.29, 0.717) is 12.5 Å². The van der Waals surface area contributed by atoms with Gasteiger partial charge in [-0.15, -0.1) is 0 Å². The molecule has 0 saturated carbocycles. The van der Waals surface area contributed by atoms with Crippen molar-refractivity contribution in [3.8, 4) is 0 Å². The number of carbonyl (C=O) groups is 1. The van der Waals surface area contributed by atoms with Gasteiger partial charge in [0.2, 0.25) is 5.91 Å². The molecule has 114 valence electrons. The molecule has 0 radical (unpaired) electrons. The number of nitrogens with zero attached hydrogens (tertiary/aromatic N) is 1. The molecule has 0 spiro atoms. The van der Waals surface area contributed by atoms with Gasteiger partial charge in [0.15, 0.2) is 0 Å². The minimum atomic E-state index is 0.178. The third-order valence-electron chi connectivity index (χ3n) is 3.93. The van der Waals surface area contributed by atoms with Crippen molar-refractivity contribution >= 4 is 5.91 Å². The Hall–Kier alpha value is -1.61. The Bertz CT molecular complexity index is 461. The molecular weight excluding hydrogens is 260 g/mol. The molecule has 3 heteroatoms. The number of aryl methyl sites for hydroxylation is 1. The topological polar surface area (TPSA) is 32.3 Å². The maximum absolute atomic E-state index is 12.0. The summed E-state index contributed by atoms with van der Waals surface area (Å²) in [6, 6.07) is 10.5. The molecule has 1 N–H and O–H groups in total. The van der Waals surface area contributed by atoms with Gasteiger partial charge in [0, 0.05) is 32.1 Å². The van der Waals surface area contributed by atoms with Crippen molar-refractivity contribution in [1.82, 2.24) is 10.2 Å². The monoisotopic (exact) mass is 286 g/mol. The molecule has 3 nitrogen and oxygen atoms in total. The van der Waals surface area contributed by atoms with Crippen LogP contribution in [0.1, 0.15) is 31.7 Å². The molecule has 0 aliphatic carbocycles. The van der Waals surface area contributed by atoms with Gasteiger partial charge in [0.05, 0.1) is 0 Å². The Morgan fingerprint density at radius 3 is 2.57 bits per heavy atom. The van der Waals surface area contributed by atoms with Crippen LogP contribution < -0.4 is 5.32 Å². The van der Waals surface area contributed by atoms with Gasteiger partial charge in [0.1, 0.15) is 0 Å². The van der Waals surface area contributed by atoms with E-state index in [1.807, 2.05) is 18.2 Å². The minimum absolute atomic E-state index is 0.178. The van der Waals surface area contributed by atoms with E-state index in [-0.39, 0.29) is 5.91 Å². The first kappa shape index (κ1) is 15.8. The van der Waals surface area contributed by atoms with Gasteiger partial charge in [-0.3, -0.25) is 9.69 Å². The highest BCUT2D eigenvalue weighted by atomic mass is 16.1. The second-order valence-corrected chi connectivity index (χ2v) is 6.06. The molecule has 0 atom stereocenters. The van der Waals surface area contributed by atoms with E-state index >= 15 is 0 Å². The van der Waals surface area contributed by atoms with Crippen molar-refractivity contribution in [3.05, 3.63) is 48.0 Å². The lowest BCUT2D eigenvalue weighted by atomic mass is 10.0. The Morgan fingerprint density at radius 2 is 1.95 bits per heavy atom. The summed E-state index contributed by atoms with van der Waals surface area (Å²) in [5.74, 6) is 0.178. The summed E-state index contributed by atoms with van der Waals surface area (Å²) in [4.78, 5) is 14.4. The number of benzene rings is 1. The molecule has 1 saturated heterocycles. The molecule has 1 aliphatic heterocycles. The van der Waals surface area contributed by atoms with Crippen LogP contribution in [0.25, 0.3) is 0 Å². The predicted octanol–water partition coefficient (Wildman–Crippen LogP) is 2.78. The molecular formula is C18H26N2O. The average molecular weight is 286 g/mol. The Morgan fingerprint density at radius 1 is 1.29 bits per heavy atom. The largest absolute Gasteiger partial charge is 0.353 e. The average Bonchev–Trinajstić information content (AvgIpc) is 2.48. The fourth-order valence-electron chi connectivity index (χ4n) is 2.82. The SMILES string of the molecule is C=C(C)CN1CCC(NC(=O)CCc2ccccc2)CC1. The van der Waals surface area contributed by atoms with Gasteiger partial charge in [-0.1, -0.05) is 42.5 Å². The minimum Gasteiger partial charge on any atom is -0.353 e. The van der Waals surface area contributed by atoms with Crippen molar-refractivity contribution in [3.63, 3.8) is 0 Å². The fraction of sp³-hybridized carbons (Fsp3) is 0.500. The molecule has 1 fully saturated rings. The Balaban J connectivity index is 1.66. The number of hydrogen-bond acceptors (Lipinski definition) is 2. The van der Waals surface area contributed by atoms with Crippen LogP contribution >= 0.6 is 0 Å².